The van der Waals surface area contributed by atoms with Crippen LogP contribution in [0.15, 0.2) is 11.6 Å². The number of hydrogen-bond acceptors (Lipinski definition) is 1. The molecule has 1 nitrogen and oxygen atoms in total. The molecule has 0 saturated heterocycles. The van der Waals surface area contributed by atoms with Crippen LogP contribution in [0.1, 0.15) is 47.0 Å². The molecule has 0 aromatic rings. The van der Waals surface area contributed by atoms with Gasteiger partial charge in [-0.15, -0.1) is 0 Å². The van der Waals surface area contributed by atoms with Gasteiger partial charge >= 0.3 is 0 Å². The fourth-order valence-corrected chi connectivity index (χ4v) is 4.79. The second-order valence-corrected chi connectivity index (χ2v) is 7.10. The third kappa shape index (κ3) is 1.00. The third-order valence-corrected chi connectivity index (χ3v) is 5.66. The van der Waals surface area contributed by atoms with Crippen molar-refractivity contribution in [3.05, 3.63) is 11.6 Å². The molecule has 0 N–H and O–H groups in total. The minimum Gasteiger partial charge on any atom is -0.299 e. The SMILES string of the molecule is CC1=CC2C3C(=O)C1C3(C)CCCC2(C)C. The first-order chi connectivity index (χ1) is 7.38. The van der Waals surface area contributed by atoms with Crippen LogP contribution in [0.3, 0.4) is 0 Å². The fourth-order valence-electron chi connectivity index (χ4n) is 4.79. The van der Waals surface area contributed by atoms with E-state index in [0.717, 1.165) is 0 Å². The van der Waals surface area contributed by atoms with Crippen LogP contribution in [0.25, 0.3) is 0 Å². The van der Waals surface area contributed by atoms with Crippen LogP contribution in [-0.4, -0.2) is 5.78 Å². The van der Waals surface area contributed by atoms with Gasteiger partial charge in [0.15, 0.2) is 0 Å². The van der Waals surface area contributed by atoms with E-state index in [4.69, 9.17) is 0 Å². The molecular weight excluding hydrogens is 196 g/mol. The highest BCUT2D eigenvalue weighted by atomic mass is 16.1. The summed E-state index contributed by atoms with van der Waals surface area (Å²) in [6.07, 6.45) is 6.23. The molecule has 16 heavy (non-hydrogen) atoms. The zero-order valence-electron chi connectivity index (χ0n) is 10.8. The molecule has 4 aliphatic rings. The first-order valence-corrected chi connectivity index (χ1v) is 6.60. The summed E-state index contributed by atoms with van der Waals surface area (Å²) in [6.45, 7) is 9.22. The normalized spacial score (nSPS) is 49.1. The number of Topliss-reactive ketones (excluding diaryl/α,β-unsaturated/α-hetero) is 1. The second-order valence-electron chi connectivity index (χ2n) is 7.10. The Hall–Kier alpha value is -0.590. The van der Waals surface area contributed by atoms with E-state index in [1.165, 1.54) is 24.8 Å². The van der Waals surface area contributed by atoms with Gasteiger partial charge in [-0.25, -0.2) is 0 Å². The Kier molecular flexibility index (Phi) is 1.85. The Morgan fingerprint density at radius 1 is 1.25 bits per heavy atom. The molecule has 4 unspecified atom stereocenters. The van der Waals surface area contributed by atoms with Crippen LogP contribution in [0.5, 0.6) is 0 Å². The summed E-state index contributed by atoms with van der Waals surface area (Å²) in [7, 11) is 0. The van der Waals surface area contributed by atoms with Crippen LogP contribution < -0.4 is 0 Å². The van der Waals surface area contributed by atoms with Gasteiger partial charge in [-0.2, -0.15) is 0 Å². The van der Waals surface area contributed by atoms with Crippen LogP contribution in [0, 0.1) is 28.6 Å². The standard InChI is InChI=1S/C15H22O/c1-9-8-10-12-13(16)11(9)15(12,4)7-5-6-14(10,2)3/h8,10-12H,5-7H2,1-4H3. The van der Waals surface area contributed by atoms with Gasteiger partial charge in [0.05, 0.1) is 0 Å². The Morgan fingerprint density at radius 3 is 2.56 bits per heavy atom. The van der Waals surface area contributed by atoms with Crippen molar-refractivity contribution >= 4 is 5.78 Å². The molecule has 0 spiro atoms. The van der Waals surface area contributed by atoms with Crippen LogP contribution in [-0.2, 0) is 4.79 Å². The Bertz CT molecular complexity index is 390. The van der Waals surface area contributed by atoms with Gasteiger partial charge in [-0.05, 0) is 36.5 Å². The Balaban J connectivity index is 2.15. The fraction of sp³-hybridized carbons (Fsp3) is 0.800. The maximum absolute atomic E-state index is 12.3. The molecule has 4 aliphatic carbocycles. The van der Waals surface area contributed by atoms with E-state index >= 15 is 0 Å². The highest BCUT2D eigenvalue weighted by Gasteiger charge is 2.66. The van der Waals surface area contributed by atoms with E-state index in [-0.39, 0.29) is 5.92 Å². The van der Waals surface area contributed by atoms with E-state index in [9.17, 15) is 4.79 Å². The van der Waals surface area contributed by atoms with Crippen molar-refractivity contribution in [2.45, 2.75) is 47.0 Å². The van der Waals surface area contributed by atoms with E-state index in [2.05, 4.69) is 33.8 Å². The minimum atomic E-state index is 0.266. The maximum atomic E-state index is 12.3. The molecule has 0 aromatic heterocycles. The van der Waals surface area contributed by atoms with Gasteiger partial charge in [0.2, 0.25) is 0 Å². The molecule has 0 amide bonds. The molecule has 4 atom stereocenters. The molecule has 1 heteroatoms. The van der Waals surface area contributed by atoms with Gasteiger partial charge < -0.3 is 0 Å². The summed E-state index contributed by atoms with van der Waals surface area (Å²) >= 11 is 0. The topological polar surface area (TPSA) is 17.1 Å². The van der Waals surface area contributed by atoms with Crippen LogP contribution >= 0.6 is 0 Å². The van der Waals surface area contributed by atoms with Gasteiger partial charge in [0.1, 0.15) is 5.78 Å². The average molecular weight is 218 g/mol. The molecule has 2 fully saturated rings. The van der Waals surface area contributed by atoms with Gasteiger partial charge in [0.25, 0.3) is 0 Å². The summed E-state index contributed by atoms with van der Waals surface area (Å²) < 4.78 is 0. The molecule has 2 saturated carbocycles. The van der Waals surface area contributed by atoms with Crippen molar-refractivity contribution in [2.24, 2.45) is 28.6 Å². The Labute approximate surface area is 98.3 Å². The lowest BCUT2D eigenvalue weighted by Gasteiger charge is -2.60. The van der Waals surface area contributed by atoms with E-state index in [1.807, 2.05) is 0 Å². The largest absolute Gasteiger partial charge is 0.299 e. The molecule has 88 valence electrons. The van der Waals surface area contributed by atoms with Crippen LogP contribution in [0.4, 0.5) is 0 Å². The smallest absolute Gasteiger partial charge is 0.144 e. The molecular formula is C15H22O. The van der Waals surface area contributed by atoms with E-state index < -0.39 is 0 Å². The van der Waals surface area contributed by atoms with E-state index in [0.29, 0.717) is 28.4 Å². The molecule has 0 heterocycles. The Morgan fingerprint density at radius 2 is 1.94 bits per heavy atom. The zero-order chi connectivity index (χ0) is 11.7. The van der Waals surface area contributed by atoms with Crippen LogP contribution in [0.2, 0.25) is 0 Å². The third-order valence-electron chi connectivity index (χ3n) is 5.66. The summed E-state index contributed by atoms with van der Waals surface area (Å²) in [5.41, 5.74) is 1.97. The number of carbonyl (C=O) groups excluding carboxylic acids is 1. The van der Waals surface area contributed by atoms with Gasteiger partial charge in [-0.3, -0.25) is 4.79 Å². The molecule has 4 rings (SSSR count). The van der Waals surface area contributed by atoms with Crippen molar-refractivity contribution in [1.29, 1.82) is 0 Å². The minimum absolute atomic E-state index is 0.266. The predicted molar refractivity (Wildman–Crippen MR) is 65.0 cm³/mol. The lowest BCUT2D eigenvalue weighted by atomic mass is 9.42. The molecule has 0 aromatic carbocycles. The second kappa shape index (κ2) is 2.80. The number of hydrogen-bond donors (Lipinski definition) is 0. The average Bonchev–Trinajstić information content (AvgIpc) is 2.20. The first-order valence-electron chi connectivity index (χ1n) is 6.60. The van der Waals surface area contributed by atoms with Crippen molar-refractivity contribution in [1.82, 2.24) is 0 Å². The number of allylic oxidation sites excluding steroid dienone is 2. The summed E-state index contributed by atoms with van der Waals surface area (Å²) in [6, 6.07) is 0. The maximum Gasteiger partial charge on any atom is 0.144 e. The molecule has 0 radical (unpaired) electrons. The highest BCUT2D eigenvalue weighted by molar-refractivity contribution is 5.96. The number of ketones is 1. The van der Waals surface area contributed by atoms with Crippen molar-refractivity contribution < 1.29 is 4.79 Å². The summed E-state index contributed by atoms with van der Waals surface area (Å²) in [5, 5.41) is 0. The molecule has 4 bridgehead atoms. The summed E-state index contributed by atoms with van der Waals surface area (Å²) in [5.74, 6) is 1.64. The quantitative estimate of drug-likeness (QED) is 0.568. The number of carbonyl (C=O) groups is 1. The first kappa shape index (κ1) is 10.6. The van der Waals surface area contributed by atoms with Gasteiger partial charge in [-0.1, -0.05) is 38.8 Å². The predicted octanol–water partition coefficient (Wildman–Crippen LogP) is 3.59. The lowest BCUT2D eigenvalue weighted by Crippen LogP contribution is -2.62. The molecule has 0 aliphatic heterocycles. The number of rotatable bonds is 0. The monoisotopic (exact) mass is 218 g/mol. The van der Waals surface area contributed by atoms with E-state index in [1.54, 1.807) is 0 Å². The summed E-state index contributed by atoms with van der Waals surface area (Å²) in [4.78, 5) is 12.3. The highest BCUT2D eigenvalue weighted by Crippen LogP contribution is 2.66. The van der Waals surface area contributed by atoms with Gasteiger partial charge in [0, 0.05) is 11.8 Å². The lowest BCUT2D eigenvalue weighted by molar-refractivity contribution is -0.159. The van der Waals surface area contributed by atoms with Crippen molar-refractivity contribution in [2.75, 3.05) is 0 Å². The van der Waals surface area contributed by atoms with Crippen molar-refractivity contribution in [3.63, 3.8) is 0 Å². The van der Waals surface area contributed by atoms with Crippen molar-refractivity contribution in [3.8, 4) is 0 Å². The zero-order valence-corrected chi connectivity index (χ0v) is 10.8.